The minimum absolute atomic E-state index is 0.00742. The number of carbonyl (C=O) groups is 2. The quantitative estimate of drug-likeness (QED) is 0.822. The minimum atomic E-state index is -0.518. The third kappa shape index (κ3) is 4.49. The number of rotatable bonds is 5. The summed E-state index contributed by atoms with van der Waals surface area (Å²) < 4.78 is 0. The van der Waals surface area contributed by atoms with E-state index in [1.807, 2.05) is 30.5 Å². The fraction of sp³-hybridized carbons (Fsp3) is 0.500. The highest BCUT2D eigenvalue weighted by molar-refractivity contribution is 7.98. The predicted octanol–water partition coefficient (Wildman–Crippen LogP) is 3.04. The van der Waals surface area contributed by atoms with Crippen molar-refractivity contribution >= 4 is 29.3 Å². The Morgan fingerprint density at radius 2 is 2.00 bits per heavy atom. The van der Waals surface area contributed by atoms with Gasteiger partial charge < -0.3 is 10.6 Å². The second-order valence-electron chi connectivity index (χ2n) is 5.43. The molecule has 1 aromatic carbocycles. The molecule has 21 heavy (non-hydrogen) atoms. The molecule has 0 heterocycles. The fourth-order valence-corrected chi connectivity index (χ4v) is 3.00. The molecule has 0 aromatic heterocycles. The molecule has 1 unspecified atom stereocenters. The van der Waals surface area contributed by atoms with Crippen molar-refractivity contribution in [1.29, 1.82) is 0 Å². The SMILES string of the molecule is CSc1cccc(NC(=O)C(C)NC(=O)C2CCCC2)c1. The summed E-state index contributed by atoms with van der Waals surface area (Å²) in [5.74, 6) is -0.0901. The average Bonchev–Trinajstić information content (AvgIpc) is 3.01. The molecule has 1 aromatic rings. The zero-order chi connectivity index (χ0) is 15.2. The highest BCUT2D eigenvalue weighted by Crippen LogP contribution is 2.24. The molecule has 1 fully saturated rings. The molecule has 1 atom stereocenters. The third-order valence-corrected chi connectivity index (χ3v) is 4.54. The number of benzene rings is 1. The number of anilines is 1. The van der Waals surface area contributed by atoms with Crippen LogP contribution in [0.2, 0.25) is 0 Å². The Kier molecular flexibility index (Phi) is 5.67. The van der Waals surface area contributed by atoms with Crippen molar-refractivity contribution < 1.29 is 9.59 Å². The summed E-state index contributed by atoms with van der Waals surface area (Å²) in [6.07, 6.45) is 6.09. The topological polar surface area (TPSA) is 58.2 Å². The molecule has 2 N–H and O–H groups in total. The zero-order valence-corrected chi connectivity index (χ0v) is 13.3. The fourth-order valence-electron chi connectivity index (χ4n) is 2.54. The number of hydrogen-bond acceptors (Lipinski definition) is 3. The van der Waals surface area contributed by atoms with E-state index in [-0.39, 0.29) is 17.7 Å². The van der Waals surface area contributed by atoms with Gasteiger partial charge in [0.25, 0.3) is 0 Å². The monoisotopic (exact) mass is 306 g/mol. The van der Waals surface area contributed by atoms with E-state index in [0.29, 0.717) is 0 Å². The first kappa shape index (κ1) is 15.9. The van der Waals surface area contributed by atoms with Crippen molar-refractivity contribution in [3.05, 3.63) is 24.3 Å². The van der Waals surface area contributed by atoms with Gasteiger partial charge in [-0.15, -0.1) is 11.8 Å². The van der Waals surface area contributed by atoms with Crippen molar-refractivity contribution in [2.75, 3.05) is 11.6 Å². The smallest absolute Gasteiger partial charge is 0.246 e. The molecule has 0 saturated heterocycles. The van der Waals surface area contributed by atoms with Crippen LogP contribution in [0.3, 0.4) is 0 Å². The van der Waals surface area contributed by atoms with Crippen LogP contribution in [0.5, 0.6) is 0 Å². The van der Waals surface area contributed by atoms with Gasteiger partial charge in [0.15, 0.2) is 0 Å². The average molecular weight is 306 g/mol. The molecule has 2 amide bonds. The predicted molar refractivity (Wildman–Crippen MR) is 86.4 cm³/mol. The highest BCUT2D eigenvalue weighted by atomic mass is 32.2. The van der Waals surface area contributed by atoms with Crippen LogP contribution in [-0.2, 0) is 9.59 Å². The molecule has 4 nitrogen and oxygen atoms in total. The summed E-state index contributed by atoms with van der Waals surface area (Å²) >= 11 is 1.62. The summed E-state index contributed by atoms with van der Waals surface area (Å²) in [4.78, 5) is 25.2. The molecule has 1 saturated carbocycles. The van der Waals surface area contributed by atoms with Crippen molar-refractivity contribution in [3.8, 4) is 0 Å². The minimum Gasteiger partial charge on any atom is -0.344 e. The van der Waals surface area contributed by atoms with E-state index in [1.165, 1.54) is 0 Å². The van der Waals surface area contributed by atoms with Gasteiger partial charge in [-0.1, -0.05) is 18.9 Å². The Hall–Kier alpha value is -1.49. The molecule has 1 aliphatic carbocycles. The first-order chi connectivity index (χ1) is 10.1. The van der Waals surface area contributed by atoms with Crippen LogP contribution < -0.4 is 10.6 Å². The largest absolute Gasteiger partial charge is 0.344 e. The van der Waals surface area contributed by atoms with Gasteiger partial charge in [0.2, 0.25) is 11.8 Å². The summed E-state index contributed by atoms with van der Waals surface area (Å²) in [7, 11) is 0. The lowest BCUT2D eigenvalue weighted by molar-refractivity contribution is -0.128. The van der Waals surface area contributed by atoms with E-state index >= 15 is 0 Å². The second-order valence-corrected chi connectivity index (χ2v) is 6.31. The van der Waals surface area contributed by atoms with Crippen molar-refractivity contribution in [2.24, 2.45) is 5.92 Å². The van der Waals surface area contributed by atoms with Gasteiger partial charge in [0, 0.05) is 16.5 Å². The van der Waals surface area contributed by atoms with Gasteiger partial charge in [-0.2, -0.15) is 0 Å². The Balaban J connectivity index is 1.88. The van der Waals surface area contributed by atoms with E-state index in [1.54, 1.807) is 18.7 Å². The van der Waals surface area contributed by atoms with Crippen LogP contribution in [0, 0.1) is 5.92 Å². The number of amides is 2. The Morgan fingerprint density at radius 1 is 1.29 bits per heavy atom. The number of carbonyl (C=O) groups excluding carboxylic acids is 2. The molecule has 0 aliphatic heterocycles. The van der Waals surface area contributed by atoms with Crippen molar-refractivity contribution in [1.82, 2.24) is 5.32 Å². The van der Waals surface area contributed by atoms with E-state index in [2.05, 4.69) is 10.6 Å². The van der Waals surface area contributed by atoms with E-state index in [4.69, 9.17) is 0 Å². The van der Waals surface area contributed by atoms with Crippen LogP contribution >= 0.6 is 11.8 Å². The van der Waals surface area contributed by atoms with Gasteiger partial charge in [0.05, 0.1) is 0 Å². The number of thioether (sulfide) groups is 1. The molecule has 2 rings (SSSR count). The summed E-state index contributed by atoms with van der Waals surface area (Å²) in [5.41, 5.74) is 0.758. The van der Waals surface area contributed by atoms with Crippen LogP contribution in [0.25, 0.3) is 0 Å². The van der Waals surface area contributed by atoms with Crippen LogP contribution in [0.1, 0.15) is 32.6 Å². The number of nitrogens with one attached hydrogen (secondary N) is 2. The van der Waals surface area contributed by atoms with Gasteiger partial charge in [-0.05, 0) is 44.2 Å². The van der Waals surface area contributed by atoms with Crippen LogP contribution in [0.4, 0.5) is 5.69 Å². The lowest BCUT2D eigenvalue weighted by Crippen LogP contribution is -2.43. The van der Waals surface area contributed by atoms with Crippen LogP contribution in [-0.4, -0.2) is 24.1 Å². The molecule has 0 radical (unpaired) electrons. The Labute approximate surface area is 130 Å². The summed E-state index contributed by atoms with van der Waals surface area (Å²) in [5, 5.41) is 5.66. The molecule has 0 bridgehead atoms. The molecule has 0 spiro atoms. The molecular formula is C16H22N2O2S. The maximum absolute atomic E-state index is 12.1. The van der Waals surface area contributed by atoms with Crippen LogP contribution in [0.15, 0.2) is 29.2 Å². The van der Waals surface area contributed by atoms with Gasteiger partial charge in [-0.3, -0.25) is 9.59 Å². The highest BCUT2D eigenvalue weighted by Gasteiger charge is 2.25. The van der Waals surface area contributed by atoms with E-state index < -0.39 is 6.04 Å². The van der Waals surface area contributed by atoms with Gasteiger partial charge >= 0.3 is 0 Å². The van der Waals surface area contributed by atoms with Gasteiger partial charge in [-0.25, -0.2) is 0 Å². The summed E-state index contributed by atoms with van der Waals surface area (Å²) in [6.45, 7) is 1.72. The van der Waals surface area contributed by atoms with Crippen molar-refractivity contribution in [3.63, 3.8) is 0 Å². The molecule has 1 aliphatic rings. The lowest BCUT2D eigenvalue weighted by atomic mass is 10.1. The normalized spacial score (nSPS) is 16.5. The van der Waals surface area contributed by atoms with E-state index in [9.17, 15) is 9.59 Å². The standard InChI is InChI=1S/C16H22N2O2S/c1-11(17-16(20)12-6-3-4-7-12)15(19)18-13-8-5-9-14(10-13)21-2/h5,8-12H,3-4,6-7H2,1-2H3,(H,17,20)(H,18,19). The first-order valence-corrected chi connectivity index (χ1v) is 8.58. The zero-order valence-electron chi connectivity index (χ0n) is 12.5. The van der Waals surface area contributed by atoms with E-state index in [0.717, 1.165) is 36.3 Å². The molecule has 5 heteroatoms. The third-order valence-electron chi connectivity index (χ3n) is 3.82. The Bertz CT molecular complexity index is 513. The first-order valence-electron chi connectivity index (χ1n) is 7.35. The molecular weight excluding hydrogens is 284 g/mol. The van der Waals surface area contributed by atoms with Crippen molar-refractivity contribution in [2.45, 2.75) is 43.5 Å². The maximum Gasteiger partial charge on any atom is 0.246 e. The second kappa shape index (κ2) is 7.50. The molecule has 114 valence electrons. The number of hydrogen-bond donors (Lipinski definition) is 2. The lowest BCUT2D eigenvalue weighted by Gasteiger charge is -2.17. The summed E-state index contributed by atoms with van der Waals surface area (Å²) in [6, 6.07) is 7.16. The Morgan fingerprint density at radius 3 is 2.67 bits per heavy atom. The maximum atomic E-state index is 12.1. The van der Waals surface area contributed by atoms with Gasteiger partial charge in [0.1, 0.15) is 6.04 Å².